The van der Waals surface area contributed by atoms with Gasteiger partial charge in [0.1, 0.15) is 0 Å². The van der Waals surface area contributed by atoms with E-state index in [4.69, 9.17) is 9.47 Å². The molecule has 0 radical (unpaired) electrons. The molecule has 2 N–H and O–H groups in total. The van der Waals surface area contributed by atoms with Crippen LogP contribution in [-0.2, 0) is 9.47 Å². The molecule has 6 aliphatic rings. The van der Waals surface area contributed by atoms with Crippen LogP contribution in [0.3, 0.4) is 0 Å². The van der Waals surface area contributed by atoms with E-state index in [0.29, 0.717) is 30.8 Å². The van der Waals surface area contributed by atoms with E-state index in [1.165, 1.54) is 25.7 Å². The summed E-state index contributed by atoms with van der Waals surface area (Å²) in [6, 6.07) is 0. The Hall–Kier alpha value is -0.420. The molecule has 9 unspecified atom stereocenters. The van der Waals surface area contributed by atoms with Gasteiger partial charge in [-0.2, -0.15) is 0 Å². The fourth-order valence-electron chi connectivity index (χ4n) is 9.27. The molecule has 2 heterocycles. The number of hydrogen-bond donors (Lipinski definition) is 2. The molecular weight excluding hydrogens is 388 g/mol. The van der Waals surface area contributed by atoms with Crippen molar-refractivity contribution in [3.63, 3.8) is 0 Å². The maximum absolute atomic E-state index is 12.4. The quantitative estimate of drug-likeness (QED) is 0.541. The Kier molecular flexibility index (Phi) is 4.49. The Balaban J connectivity index is 1.29. The molecule has 0 aromatic rings. The molecule has 11 atom stereocenters. The topological polar surface area (TPSA) is 58.9 Å². The van der Waals surface area contributed by atoms with Crippen LogP contribution in [0.1, 0.15) is 85.5 Å². The van der Waals surface area contributed by atoms with Gasteiger partial charge in [-0.25, -0.2) is 0 Å². The molecule has 4 heteroatoms. The second-order valence-electron chi connectivity index (χ2n) is 13.0. The molecule has 0 aromatic carbocycles. The second kappa shape index (κ2) is 6.58. The van der Waals surface area contributed by atoms with Crippen molar-refractivity contribution in [3.8, 4) is 0 Å². The molecule has 0 bridgehead atoms. The fraction of sp³-hybridized carbons (Fsp3) is 0.926. The number of hydrogen-bond acceptors (Lipinski definition) is 4. The average molecular weight is 431 g/mol. The van der Waals surface area contributed by atoms with Crippen molar-refractivity contribution in [2.75, 3.05) is 6.61 Å². The van der Waals surface area contributed by atoms with E-state index in [9.17, 15) is 10.2 Å². The van der Waals surface area contributed by atoms with Crippen LogP contribution in [0.25, 0.3) is 0 Å². The van der Waals surface area contributed by atoms with Crippen LogP contribution in [0.2, 0.25) is 0 Å². The van der Waals surface area contributed by atoms with Crippen molar-refractivity contribution in [1.29, 1.82) is 0 Å². The number of fused-ring (bicyclic) bond motifs is 7. The highest BCUT2D eigenvalue weighted by Crippen LogP contribution is 2.71. The minimum absolute atomic E-state index is 0.0546. The lowest BCUT2D eigenvalue weighted by molar-refractivity contribution is -0.280. The lowest BCUT2D eigenvalue weighted by atomic mass is 9.45. The van der Waals surface area contributed by atoms with Gasteiger partial charge in [-0.1, -0.05) is 39.3 Å². The van der Waals surface area contributed by atoms with Crippen LogP contribution in [0.4, 0.5) is 0 Å². The summed E-state index contributed by atoms with van der Waals surface area (Å²) in [5.41, 5.74) is 1.19. The lowest BCUT2D eigenvalue weighted by Gasteiger charge is -2.61. The Morgan fingerprint density at radius 2 is 1.81 bits per heavy atom. The molecule has 1 spiro atoms. The number of aliphatic hydroxyl groups excluding tert-OH is 1. The third kappa shape index (κ3) is 2.68. The van der Waals surface area contributed by atoms with Gasteiger partial charge in [0.2, 0.25) is 0 Å². The van der Waals surface area contributed by atoms with E-state index >= 15 is 0 Å². The second-order valence-corrected chi connectivity index (χ2v) is 13.0. The molecule has 4 aliphatic carbocycles. The minimum Gasteiger partial charge on any atom is -0.393 e. The van der Waals surface area contributed by atoms with Gasteiger partial charge in [0.25, 0.3) is 0 Å². The molecule has 4 nitrogen and oxygen atoms in total. The van der Waals surface area contributed by atoms with E-state index in [-0.39, 0.29) is 29.0 Å². The van der Waals surface area contributed by atoms with Crippen molar-refractivity contribution < 1.29 is 19.7 Å². The molecule has 2 aliphatic heterocycles. The van der Waals surface area contributed by atoms with Gasteiger partial charge in [0, 0.05) is 30.6 Å². The zero-order valence-corrected chi connectivity index (χ0v) is 19.9. The number of aliphatic hydroxyl groups is 2. The summed E-state index contributed by atoms with van der Waals surface area (Å²) in [6.45, 7) is 9.87. The van der Waals surface area contributed by atoms with E-state index < -0.39 is 11.4 Å². The van der Waals surface area contributed by atoms with Crippen LogP contribution < -0.4 is 0 Å². The third-order valence-electron chi connectivity index (χ3n) is 11.4. The van der Waals surface area contributed by atoms with Gasteiger partial charge in [-0.05, 0) is 67.6 Å². The van der Waals surface area contributed by atoms with Gasteiger partial charge in [-0.15, -0.1) is 0 Å². The Labute approximate surface area is 187 Å². The summed E-state index contributed by atoms with van der Waals surface area (Å²) < 4.78 is 12.9. The summed E-state index contributed by atoms with van der Waals surface area (Å²) in [5, 5.41) is 22.9. The summed E-state index contributed by atoms with van der Waals surface area (Å²) in [4.78, 5) is 0. The van der Waals surface area contributed by atoms with E-state index in [2.05, 4.69) is 26.8 Å². The first-order chi connectivity index (χ1) is 14.6. The molecule has 31 heavy (non-hydrogen) atoms. The first-order valence-electron chi connectivity index (χ1n) is 13.0. The average Bonchev–Trinajstić information content (AvgIpc) is 3.16. The molecule has 3 saturated carbocycles. The van der Waals surface area contributed by atoms with Crippen LogP contribution in [-0.4, -0.2) is 40.4 Å². The molecule has 2 saturated heterocycles. The van der Waals surface area contributed by atoms with Crippen molar-refractivity contribution in [3.05, 3.63) is 11.6 Å². The standard InChI is InChI=1S/C27H42O4/c1-16-7-9-24(3)18(11-16)5-6-20-19(24)8-10-25(4)21-12-26(13-22(28)17(2)15-30-26)31-23(21)14-27(20,25)29/h5,16-17,19-23,28-29H,6-15H2,1-4H3/t16?,17?,19?,20?,21?,22?,23?,24-,25+,26?,27?/m0/s1. The highest BCUT2D eigenvalue weighted by molar-refractivity contribution is 5.29. The van der Waals surface area contributed by atoms with Crippen molar-refractivity contribution in [1.82, 2.24) is 0 Å². The maximum atomic E-state index is 12.4. The zero-order chi connectivity index (χ0) is 21.8. The summed E-state index contributed by atoms with van der Waals surface area (Å²) >= 11 is 0. The Morgan fingerprint density at radius 3 is 2.58 bits per heavy atom. The summed E-state index contributed by atoms with van der Waals surface area (Å²) in [6.07, 6.45) is 11.6. The molecule has 6 rings (SSSR count). The Morgan fingerprint density at radius 1 is 1.00 bits per heavy atom. The monoisotopic (exact) mass is 430 g/mol. The normalized spacial score (nSPS) is 60.7. The summed E-state index contributed by atoms with van der Waals surface area (Å²) in [7, 11) is 0. The van der Waals surface area contributed by atoms with Crippen LogP contribution in [0.15, 0.2) is 11.6 Å². The highest BCUT2D eigenvalue weighted by atomic mass is 16.7. The molecule has 0 aromatic heterocycles. The minimum atomic E-state index is -0.651. The number of allylic oxidation sites excluding steroid dienone is 2. The van der Waals surface area contributed by atoms with Gasteiger partial charge in [0.15, 0.2) is 5.79 Å². The lowest BCUT2D eigenvalue weighted by Crippen LogP contribution is -2.60. The Bertz CT molecular complexity index is 794. The largest absolute Gasteiger partial charge is 0.393 e. The fourth-order valence-corrected chi connectivity index (χ4v) is 9.27. The van der Waals surface area contributed by atoms with E-state index in [1.807, 2.05) is 6.92 Å². The predicted molar refractivity (Wildman–Crippen MR) is 119 cm³/mol. The summed E-state index contributed by atoms with van der Waals surface area (Å²) in [5.74, 6) is 1.60. The number of rotatable bonds is 0. The van der Waals surface area contributed by atoms with Crippen molar-refractivity contribution in [2.45, 2.75) is 109 Å². The van der Waals surface area contributed by atoms with Gasteiger partial charge < -0.3 is 19.7 Å². The van der Waals surface area contributed by atoms with Gasteiger partial charge >= 0.3 is 0 Å². The highest BCUT2D eigenvalue weighted by Gasteiger charge is 2.72. The third-order valence-corrected chi connectivity index (χ3v) is 11.4. The number of ether oxygens (including phenoxy) is 2. The smallest absolute Gasteiger partial charge is 0.171 e. The molecular formula is C27H42O4. The SMILES string of the molecule is CC1CC[C@@]2(C)C(=CCC3C2CC[C@]2(C)C4CC5(CC(O)C(C)CO5)OC4CC32O)C1. The van der Waals surface area contributed by atoms with E-state index in [0.717, 1.165) is 31.6 Å². The van der Waals surface area contributed by atoms with Gasteiger partial charge in [-0.3, -0.25) is 0 Å². The first kappa shape index (κ1) is 21.1. The predicted octanol–water partition coefficient (Wildman–Crippen LogP) is 4.83. The molecule has 5 fully saturated rings. The van der Waals surface area contributed by atoms with Crippen LogP contribution >= 0.6 is 0 Å². The van der Waals surface area contributed by atoms with Crippen LogP contribution in [0, 0.1) is 40.4 Å². The molecule has 0 amide bonds. The van der Waals surface area contributed by atoms with Crippen LogP contribution in [0.5, 0.6) is 0 Å². The first-order valence-corrected chi connectivity index (χ1v) is 13.0. The maximum Gasteiger partial charge on any atom is 0.171 e. The van der Waals surface area contributed by atoms with E-state index in [1.54, 1.807) is 5.57 Å². The zero-order valence-electron chi connectivity index (χ0n) is 19.9. The molecule has 174 valence electrons. The van der Waals surface area contributed by atoms with Crippen molar-refractivity contribution in [2.24, 2.45) is 40.4 Å². The van der Waals surface area contributed by atoms with Crippen molar-refractivity contribution >= 4 is 0 Å². The van der Waals surface area contributed by atoms with Gasteiger partial charge in [0.05, 0.1) is 24.4 Å².